The van der Waals surface area contributed by atoms with Crippen molar-refractivity contribution < 1.29 is 14.2 Å². The number of hydrogen-bond acceptors (Lipinski definition) is 4. The molecular formula is C13H18O3S. The van der Waals surface area contributed by atoms with E-state index in [-0.39, 0.29) is 0 Å². The van der Waals surface area contributed by atoms with E-state index in [9.17, 15) is 0 Å². The van der Waals surface area contributed by atoms with Gasteiger partial charge < -0.3 is 14.2 Å². The predicted octanol–water partition coefficient (Wildman–Crippen LogP) is 2.79. The zero-order valence-electron chi connectivity index (χ0n) is 10.2. The van der Waals surface area contributed by atoms with Crippen LogP contribution in [-0.2, 0) is 0 Å². The van der Waals surface area contributed by atoms with Crippen LogP contribution in [0.1, 0.15) is 12.8 Å². The summed E-state index contributed by atoms with van der Waals surface area (Å²) < 4.78 is 16.2. The third-order valence-corrected chi connectivity index (χ3v) is 3.83. The molecule has 0 unspecified atom stereocenters. The van der Waals surface area contributed by atoms with Crippen molar-refractivity contribution in [2.45, 2.75) is 12.8 Å². The standard InChI is InChI=1S/C13H18O3S/c1-14-10-5-11(15-2)7-12(6-10)16-8-13(9-17)3-4-13/h5-7,17H,3-4,8-9H2,1-2H3. The molecule has 0 saturated heterocycles. The fourth-order valence-corrected chi connectivity index (χ4v) is 2.03. The summed E-state index contributed by atoms with van der Waals surface area (Å²) in [6.45, 7) is 0.715. The summed E-state index contributed by atoms with van der Waals surface area (Å²) in [6.07, 6.45) is 2.41. The Morgan fingerprint density at radius 1 is 1.06 bits per heavy atom. The van der Waals surface area contributed by atoms with Crippen molar-refractivity contribution in [1.29, 1.82) is 0 Å². The van der Waals surface area contributed by atoms with Crippen LogP contribution in [0.2, 0.25) is 0 Å². The van der Waals surface area contributed by atoms with E-state index >= 15 is 0 Å². The topological polar surface area (TPSA) is 27.7 Å². The maximum atomic E-state index is 5.80. The van der Waals surface area contributed by atoms with Crippen LogP contribution in [0.3, 0.4) is 0 Å². The Kier molecular flexibility index (Phi) is 3.72. The minimum atomic E-state index is 0.291. The number of benzene rings is 1. The number of thiol groups is 1. The van der Waals surface area contributed by atoms with Gasteiger partial charge >= 0.3 is 0 Å². The SMILES string of the molecule is COc1cc(OC)cc(OCC2(CS)CC2)c1. The molecule has 1 aliphatic carbocycles. The molecule has 1 aromatic carbocycles. The quantitative estimate of drug-likeness (QED) is 0.791. The Morgan fingerprint density at radius 2 is 1.59 bits per heavy atom. The van der Waals surface area contributed by atoms with E-state index in [0.29, 0.717) is 12.0 Å². The second-order valence-corrected chi connectivity index (χ2v) is 4.81. The first-order valence-corrected chi connectivity index (χ1v) is 6.31. The van der Waals surface area contributed by atoms with Gasteiger partial charge in [-0.1, -0.05) is 0 Å². The predicted molar refractivity (Wildman–Crippen MR) is 70.6 cm³/mol. The maximum Gasteiger partial charge on any atom is 0.126 e. The highest BCUT2D eigenvalue weighted by atomic mass is 32.1. The van der Waals surface area contributed by atoms with Gasteiger partial charge in [-0.05, 0) is 18.6 Å². The molecule has 0 aromatic heterocycles. The van der Waals surface area contributed by atoms with E-state index in [1.54, 1.807) is 14.2 Å². The van der Waals surface area contributed by atoms with Gasteiger partial charge in [0.2, 0.25) is 0 Å². The summed E-state index contributed by atoms with van der Waals surface area (Å²) in [4.78, 5) is 0. The molecule has 4 heteroatoms. The van der Waals surface area contributed by atoms with Crippen molar-refractivity contribution >= 4 is 12.6 Å². The zero-order chi connectivity index (χ0) is 12.3. The molecule has 2 rings (SSSR count). The lowest BCUT2D eigenvalue weighted by molar-refractivity contribution is 0.248. The van der Waals surface area contributed by atoms with Gasteiger partial charge in [-0.25, -0.2) is 0 Å². The zero-order valence-corrected chi connectivity index (χ0v) is 11.1. The van der Waals surface area contributed by atoms with Crippen LogP contribution in [0.15, 0.2) is 18.2 Å². The van der Waals surface area contributed by atoms with Gasteiger partial charge in [-0.15, -0.1) is 0 Å². The molecule has 0 aliphatic heterocycles. The van der Waals surface area contributed by atoms with E-state index < -0.39 is 0 Å². The molecular weight excluding hydrogens is 236 g/mol. The molecule has 1 saturated carbocycles. The molecule has 1 aromatic rings. The van der Waals surface area contributed by atoms with Crippen molar-refractivity contribution in [2.24, 2.45) is 5.41 Å². The number of rotatable bonds is 6. The van der Waals surface area contributed by atoms with Crippen LogP contribution in [0, 0.1) is 5.41 Å². The number of methoxy groups -OCH3 is 2. The summed E-state index contributed by atoms with van der Waals surface area (Å²) in [7, 11) is 3.27. The molecule has 17 heavy (non-hydrogen) atoms. The molecule has 0 N–H and O–H groups in total. The van der Waals surface area contributed by atoms with Gasteiger partial charge in [0, 0.05) is 23.6 Å². The minimum absolute atomic E-state index is 0.291. The summed E-state index contributed by atoms with van der Waals surface area (Å²) in [5, 5.41) is 0. The summed E-state index contributed by atoms with van der Waals surface area (Å²) >= 11 is 4.36. The largest absolute Gasteiger partial charge is 0.496 e. The normalized spacial score (nSPS) is 16.4. The first-order chi connectivity index (χ1) is 8.21. The van der Waals surface area contributed by atoms with Crippen LogP contribution < -0.4 is 14.2 Å². The van der Waals surface area contributed by atoms with Crippen LogP contribution in [-0.4, -0.2) is 26.6 Å². The third kappa shape index (κ3) is 3.00. The highest BCUT2D eigenvalue weighted by molar-refractivity contribution is 7.80. The van der Waals surface area contributed by atoms with Gasteiger partial charge in [0.25, 0.3) is 0 Å². The van der Waals surface area contributed by atoms with Gasteiger partial charge in [0.05, 0.1) is 20.8 Å². The van der Waals surface area contributed by atoms with Gasteiger partial charge in [-0.3, -0.25) is 0 Å². The number of ether oxygens (including phenoxy) is 3. The van der Waals surface area contributed by atoms with E-state index in [0.717, 1.165) is 23.0 Å². The smallest absolute Gasteiger partial charge is 0.126 e. The number of hydrogen-bond donors (Lipinski definition) is 1. The molecule has 0 bridgehead atoms. The molecule has 1 aliphatic rings. The van der Waals surface area contributed by atoms with Crippen molar-refractivity contribution in [3.63, 3.8) is 0 Å². The molecule has 94 valence electrons. The molecule has 0 atom stereocenters. The van der Waals surface area contributed by atoms with E-state index in [2.05, 4.69) is 12.6 Å². The van der Waals surface area contributed by atoms with Crippen LogP contribution in [0.25, 0.3) is 0 Å². The van der Waals surface area contributed by atoms with Crippen molar-refractivity contribution in [3.8, 4) is 17.2 Å². The lowest BCUT2D eigenvalue weighted by Gasteiger charge is -2.15. The lowest BCUT2D eigenvalue weighted by Crippen LogP contribution is -2.14. The lowest BCUT2D eigenvalue weighted by atomic mass is 10.2. The molecule has 0 amide bonds. The highest BCUT2D eigenvalue weighted by Crippen LogP contribution is 2.46. The van der Waals surface area contributed by atoms with E-state index in [1.807, 2.05) is 18.2 Å². The van der Waals surface area contributed by atoms with Crippen molar-refractivity contribution in [3.05, 3.63) is 18.2 Å². The highest BCUT2D eigenvalue weighted by Gasteiger charge is 2.42. The third-order valence-electron chi connectivity index (χ3n) is 3.16. The average molecular weight is 254 g/mol. The molecule has 0 spiro atoms. The summed E-state index contributed by atoms with van der Waals surface area (Å²) in [5.41, 5.74) is 0.291. The Bertz CT molecular complexity index is 366. The average Bonchev–Trinajstić information content (AvgIpc) is 3.16. The molecule has 3 nitrogen and oxygen atoms in total. The Labute approximate surface area is 107 Å². The van der Waals surface area contributed by atoms with Crippen LogP contribution >= 0.6 is 12.6 Å². The van der Waals surface area contributed by atoms with Crippen molar-refractivity contribution in [1.82, 2.24) is 0 Å². The monoisotopic (exact) mass is 254 g/mol. The Balaban J connectivity index is 2.04. The van der Waals surface area contributed by atoms with Gasteiger partial charge in [-0.2, -0.15) is 12.6 Å². The first-order valence-electron chi connectivity index (χ1n) is 5.68. The summed E-state index contributed by atoms with van der Waals surface area (Å²) in [5.74, 6) is 3.16. The Hall–Kier alpha value is -1.03. The second-order valence-electron chi connectivity index (χ2n) is 4.50. The minimum Gasteiger partial charge on any atom is -0.496 e. The second kappa shape index (κ2) is 5.08. The molecule has 0 radical (unpaired) electrons. The van der Waals surface area contributed by atoms with Crippen molar-refractivity contribution in [2.75, 3.05) is 26.6 Å². The Morgan fingerprint density at radius 3 is 2.00 bits per heavy atom. The summed E-state index contributed by atoms with van der Waals surface area (Å²) in [6, 6.07) is 5.58. The van der Waals surface area contributed by atoms with Gasteiger partial charge in [0.1, 0.15) is 17.2 Å². The molecule has 0 heterocycles. The van der Waals surface area contributed by atoms with E-state index in [1.165, 1.54) is 12.8 Å². The molecule has 1 fully saturated rings. The fraction of sp³-hybridized carbons (Fsp3) is 0.538. The first kappa shape index (κ1) is 12.4. The maximum absolute atomic E-state index is 5.80. The fourth-order valence-electron chi connectivity index (χ4n) is 1.63. The van der Waals surface area contributed by atoms with Gasteiger partial charge in [0.15, 0.2) is 0 Å². The van der Waals surface area contributed by atoms with Crippen LogP contribution in [0.4, 0.5) is 0 Å². The van der Waals surface area contributed by atoms with E-state index in [4.69, 9.17) is 14.2 Å². The van der Waals surface area contributed by atoms with Crippen LogP contribution in [0.5, 0.6) is 17.2 Å².